The maximum Gasteiger partial charge on any atom is 0.122 e. The van der Waals surface area contributed by atoms with E-state index in [1.807, 2.05) is 0 Å². The van der Waals surface area contributed by atoms with Crippen molar-refractivity contribution in [3.63, 3.8) is 0 Å². The summed E-state index contributed by atoms with van der Waals surface area (Å²) in [6.07, 6.45) is 1.04. The second kappa shape index (κ2) is 7.84. The van der Waals surface area contributed by atoms with Gasteiger partial charge in [-0.2, -0.15) is 0 Å². The third-order valence-corrected chi connectivity index (χ3v) is 3.58. The highest BCUT2D eigenvalue weighted by Crippen LogP contribution is 2.19. The Kier molecular flexibility index (Phi) is 5.82. The number of hydrogen-bond donors (Lipinski definition) is 0. The first-order valence-electron chi connectivity index (χ1n) is 7.57. The van der Waals surface area contributed by atoms with Crippen LogP contribution in [0, 0.1) is 13.8 Å². The van der Waals surface area contributed by atoms with Crippen molar-refractivity contribution in [1.82, 2.24) is 4.90 Å². The van der Waals surface area contributed by atoms with Crippen molar-refractivity contribution in [3.8, 4) is 5.75 Å². The van der Waals surface area contributed by atoms with Crippen LogP contribution in [-0.2, 0) is 6.54 Å². The van der Waals surface area contributed by atoms with Crippen molar-refractivity contribution >= 4 is 0 Å². The lowest BCUT2D eigenvalue weighted by Crippen LogP contribution is -2.20. The number of rotatable bonds is 7. The van der Waals surface area contributed by atoms with Gasteiger partial charge in [0.05, 0.1) is 6.61 Å². The predicted octanol–water partition coefficient (Wildman–Crippen LogP) is 4.20. The Morgan fingerprint density at radius 2 is 1.76 bits per heavy atom. The molecule has 0 aliphatic carbocycles. The van der Waals surface area contributed by atoms with E-state index < -0.39 is 0 Å². The normalized spacial score (nSPS) is 10.9. The smallest absolute Gasteiger partial charge is 0.122 e. The van der Waals surface area contributed by atoms with Gasteiger partial charge in [0, 0.05) is 13.1 Å². The SMILES string of the molecule is Cc1ccc(C)c(OCCCN(C)Cc2ccccc2)c1. The lowest BCUT2D eigenvalue weighted by Gasteiger charge is -2.17. The van der Waals surface area contributed by atoms with Gasteiger partial charge >= 0.3 is 0 Å². The van der Waals surface area contributed by atoms with Crippen molar-refractivity contribution in [2.75, 3.05) is 20.2 Å². The average molecular weight is 283 g/mol. The molecule has 2 heteroatoms. The van der Waals surface area contributed by atoms with Gasteiger partial charge in [-0.15, -0.1) is 0 Å². The molecule has 112 valence electrons. The molecule has 0 fully saturated rings. The summed E-state index contributed by atoms with van der Waals surface area (Å²) in [5.41, 5.74) is 3.81. The van der Waals surface area contributed by atoms with E-state index in [2.05, 4.69) is 74.3 Å². The quantitative estimate of drug-likeness (QED) is 0.706. The Labute approximate surface area is 128 Å². The molecule has 0 N–H and O–H groups in total. The highest BCUT2D eigenvalue weighted by Gasteiger charge is 2.02. The van der Waals surface area contributed by atoms with Crippen LogP contribution in [0.1, 0.15) is 23.1 Å². The molecule has 0 aliphatic heterocycles. The number of aryl methyl sites for hydroxylation is 2. The first-order valence-corrected chi connectivity index (χ1v) is 7.57. The van der Waals surface area contributed by atoms with Crippen LogP contribution < -0.4 is 4.74 Å². The molecule has 2 aromatic rings. The summed E-state index contributed by atoms with van der Waals surface area (Å²) >= 11 is 0. The molecule has 2 nitrogen and oxygen atoms in total. The van der Waals surface area contributed by atoms with Gasteiger partial charge in [-0.05, 0) is 50.1 Å². The minimum absolute atomic E-state index is 0.767. The molecule has 0 aliphatic rings. The third-order valence-electron chi connectivity index (χ3n) is 3.58. The zero-order valence-corrected chi connectivity index (χ0v) is 13.3. The Hall–Kier alpha value is -1.80. The molecule has 21 heavy (non-hydrogen) atoms. The summed E-state index contributed by atoms with van der Waals surface area (Å²) in [5.74, 6) is 1.01. The first-order chi connectivity index (χ1) is 10.1. The molecule has 0 bridgehead atoms. The van der Waals surface area contributed by atoms with Gasteiger partial charge in [0.15, 0.2) is 0 Å². The molecule has 2 aromatic carbocycles. The van der Waals surface area contributed by atoms with Crippen LogP contribution in [0.5, 0.6) is 5.75 Å². The molecule has 0 saturated carbocycles. The first kappa shape index (κ1) is 15.6. The fourth-order valence-corrected chi connectivity index (χ4v) is 2.35. The fraction of sp³-hybridized carbons (Fsp3) is 0.368. The van der Waals surface area contributed by atoms with E-state index in [4.69, 9.17) is 4.74 Å². The monoisotopic (exact) mass is 283 g/mol. The molecule has 0 heterocycles. The maximum atomic E-state index is 5.89. The Bertz CT molecular complexity index is 551. The van der Waals surface area contributed by atoms with Gasteiger partial charge < -0.3 is 9.64 Å². The van der Waals surface area contributed by atoms with Crippen molar-refractivity contribution in [1.29, 1.82) is 0 Å². The summed E-state index contributed by atoms with van der Waals surface area (Å²) in [5, 5.41) is 0. The number of hydrogen-bond acceptors (Lipinski definition) is 2. The third kappa shape index (κ3) is 5.24. The van der Waals surface area contributed by atoms with Gasteiger partial charge in [-0.25, -0.2) is 0 Å². The summed E-state index contributed by atoms with van der Waals surface area (Å²) in [7, 11) is 2.16. The molecule has 0 saturated heterocycles. The Morgan fingerprint density at radius 1 is 1.00 bits per heavy atom. The minimum atomic E-state index is 0.767. The van der Waals surface area contributed by atoms with Crippen LogP contribution in [-0.4, -0.2) is 25.1 Å². The number of nitrogens with zero attached hydrogens (tertiary/aromatic N) is 1. The molecule has 0 radical (unpaired) electrons. The predicted molar refractivity (Wildman–Crippen MR) is 88.8 cm³/mol. The maximum absolute atomic E-state index is 5.89. The Balaban J connectivity index is 1.71. The summed E-state index contributed by atoms with van der Waals surface area (Å²) in [6, 6.07) is 16.9. The van der Waals surface area contributed by atoms with E-state index in [0.29, 0.717) is 0 Å². The van der Waals surface area contributed by atoms with Gasteiger partial charge in [0.2, 0.25) is 0 Å². The number of benzene rings is 2. The molecule has 0 spiro atoms. The van der Waals surface area contributed by atoms with E-state index in [-0.39, 0.29) is 0 Å². The molecular weight excluding hydrogens is 258 g/mol. The van der Waals surface area contributed by atoms with Crippen LogP contribution in [0.4, 0.5) is 0 Å². The second-order valence-electron chi connectivity index (χ2n) is 5.69. The van der Waals surface area contributed by atoms with E-state index in [1.165, 1.54) is 16.7 Å². The number of ether oxygens (including phenoxy) is 1. The molecule has 0 unspecified atom stereocenters. The average Bonchev–Trinajstić information content (AvgIpc) is 2.48. The van der Waals surface area contributed by atoms with Crippen molar-refractivity contribution < 1.29 is 4.74 Å². The van der Waals surface area contributed by atoms with E-state index in [9.17, 15) is 0 Å². The highest BCUT2D eigenvalue weighted by molar-refractivity contribution is 5.35. The Morgan fingerprint density at radius 3 is 2.52 bits per heavy atom. The van der Waals surface area contributed by atoms with Gasteiger partial charge in [-0.3, -0.25) is 0 Å². The summed E-state index contributed by atoms with van der Waals surface area (Å²) < 4.78 is 5.89. The second-order valence-corrected chi connectivity index (χ2v) is 5.69. The minimum Gasteiger partial charge on any atom is -0.493 e. The summed E-state index contributed by atoms with van der Waals surface area (Å²) in [4.78, 5) is 2.34. The van der Waals surface area contributed by atoms with Crippen molar-refractivity contribution in [2.45, 2.75) is 26.8 Å². The largest absolute Gasteiger partial charge is 0.493 e. The zero-order valence-electron chi connectivity index (χ0n) is 13.3. The highest BCUT2D eigenvalue weighted by atomic mass is 16.5. The lowest BCUT2D eigenvalue weighted by molar-refractivity contribution is 0.258. The van der Waals surface area contributed by atoms with Crippen molar-refractivity contribution in [3.05, 3.63) is 65.2 Å². The van der Waals surface area contributed by atoms with Crippen LogP contribution >= 0.6 is 0 Å². The van der Waals surface area contributed by atoms with Gasteiger partial charge in [0.25, 0.3) is 0 Å². The fourth-order valence-electron chi connectivity index (χ4n) is 2.35. The summed E-state index contributed by atoms with van der Waals surface area (Å²) in [6.45, 7) is 6.99. The zero-order chi connectivity index (χ0) is 15.1. The van der Waals surface area contributed by atoms with Gasteiger partial charge in [0.1, 0.15) is 5.75 Å². The van der Waals surface area contributed by atoms with E-state index in [1.54, 1.807) is 0 Å². The van der Waals surface area contributed by atoms with Crippen LogP contribution in [0.2, 0.25) is 0 Å². The van der Waals surface area contributed by atoms with Gasteiger partial charge in [-0.1, -0.05) is 42.5 Å². The van der Waals surface area contributed by atoms with Crippen LogP contribution in [0.3, 0.4) is 0 Å². The molecule has 2 rings (SSSR count). The lowest BCUT2D eigenvalue weighted by atomic mass is 10.1. The molecular formula is C19H25NO. The topological polar surface area (TPSA) is 12.5 Å². The molecule has 0 amide bonds. The van der Waals surface area contributed by atoms with E-state index in [0.717, 1.165) is 31.9 Å². The molecule has 0 atom stereocenters. The molecule has 0 aromatic heterocycles. The standard InChI is InChI=1S/C19H25NO/c1-16-10-11-17(2)19(14-16)21-13-7-12-20(3)15-18-8-5-4-6-9-18/h4-6,8-11,14H,7,12-13,15H2,1-3H3. The van der Waals surface area contributed by atoms with E-state index >= 15 is 0 Å². The van der Waals surface area contributed by atoms with Crippen LogP contribution in [0.25, 0.3) is 0 Å². The van der Waals surface area contributed by atoms with Crippen LogP contribution in [0.15, 0.2) is 48.5 Å². The van der Waals surface area contributed by atoms with Crippen molar-refractivity contribution in [2.24, 2.45) is 0 Å².